The quantitative estimate of drug-likeness (QED) is 0.529. The largest absolute Gasteiger partial charge is 0.485 e. The Labute approximate surface area is 152 Å². The van der Waals surface area contributed by atoms with Crippen LogP contribution in [0, 0.1) is 0 Å². The SMILES string of the molecule is O=C(Oc1ccccc1Cc1ccccc1)[C@H]1COc2ccccc2O1. The van der Waals surface area contributed by atoms with Gasteiger partial charge < -0.3 is 14.2 Å². The molecule has 0 radical (unpaired) electrons. The van der Waals surface area contributed by atoms with Crippen molar-refractivity contribution < 1.29 is 19.0 Å². The fourth-order valence-electron chi connectivity index (χ4n) is 2.87. The van der Waals surface area contributed by atoms with E-state index in [9.17, 15) is 4.79 Å². The van der Waals surface area contributed by atoms with Gasteiger partial charge in [0.05, 0.1) is 0 Å². The van der Waals surface area contributed by atoms with Crippen LogP contribution in [0.25, 0.3) is 0 Å². The van der Waals surface area contributed by atoms with Gasteiger partial charge in [-0.1, -0.05) is 60.7 Å². The highest BCUT2D eigenvalue weighted by Gasteiger charge is 2.29. The first-order chi connectivity index (χ1) is 12.8. The predicted octanol–water partition coefficient (Wildman–Crippen LogP) is 4.02. The van der Waals surface area contributed by atoms with Crippen LogP contribution >= 0.6 is 0 Å². The lowest BCUT2D eigenvalue weighted by atomic mass is 10.0. The maximum absolute atomic E-state index is 12.6. The van der Waals surface area contributed by atoms with Gasteiger partial charge >= 0.3 is 5.97 Å². The number of esters is 1. The zero-order chi connectivity index (χ0) is 17.8. The number of carbonyl (C=O) groups excluding carboxylic acids is 1. The molecule has 1 aliphatic heterocycles. The molecule has 130 valence electrons. The van der Waals surface area contributed by atoms with Gasteiger partial charge in [0, 0.05) is 6.42 Å². The van der Waals surface area contributed by atoms with Crippen molar-refractivity contribution in [1.82, 2.24) is 0 Å². The molecule has 0 unspecified atom stereocenters. The molecule has 0 saturated carbocycles. The second kappa shape index (κ2) is 7.31. The second-order valence-corrected chi connectivity index (χ2v) is 6.06. The maximum Gasteiger partial charge on any atom is 0.356 e. The van der Waals surface area contributed by atoms with Crippen LogP contribution in [0.1, 0.15) is 11.1 Å². The lowest BCUT2D eigenvalue weighted by Crippen LogP contribution is -2.39. The van der Waals surface area contributed by atoms with E-state index >= 15 is 0 Å². The standard InChI is InChI=1S/C22H18O4/c23-22(21-15-24-19-12-6-7-13-20(19)25-21)26-18-11-5-4-10-17(18)14-16-8-2-1-3-9-16/h1-13,21H,14-15H2/t21-/m1/s1. The fraction of sp³-hybridized carbons (Fsp3) is 0.136. The highest BCUT2D eigenvalue weighted by Crippen LogP contribution is 2.31. The fourth-order valence-corrected chi connectivity index (χ4v) is 2.87. The first-order valence-corrected chi connectivity index (χ1v) is 8.51. The third kappa shape index (κ3) is 3.54. The molecule has 0 aromatic heterocycles. The van der Waals surface area contributed by atoms with E-state index in [2.05, 4.69) is 0 Å². The third-order valence-corrected chi connectivity index (χ3v) is 4.19. The van der Waals surface area contributed by atoms with Crippen molar-refractivity contribution in [2.45, 2.75) is 12.5 Å². The molecule has 4 nitrogen and oxygen atoms in total. The Balaban J connectivity index is 1.48. The number of hydrogen-bond donors (Lipinski definition) is 0. The van der Waals surface area contributed by atoms with Crippen LogP contribution in [0.15, 0.2) is 78.9 Å². The normalized spacial score (nSPS) is 15.3. The Morgan fingerprint density at radius 2 is 1.58 bits per heavy atom. The zero-order valence-corrected chi connectivity index (χ0v) is 14.1. The number of carbonyl (C=O) groups is 1. The summed E-state index contributed by atoms with van der Waals surface area (Å²) in [6.07, 6.45) is -0.0931. The maximum atomic E-state index is 12.6. The average Bonchev–Trinajstić information content (AvgIpc) is 2.70. The van der Waals surface area contributed by atoms with E-state index in [1.807, 2.05) is 66.7 Å². The van der Waals surface area contributed by atoms with E-state index < -0.39 is 12.1 Å². The van der Waals surface area contributed by atoms with Gasteiger partial charge in [-0.3, -0.25) is 0 Å². The lowest BCUT2D eigenvalue weighted by molar-refractivity contribution is -0.144. The summed E-state index contributed by atoms with van der Waals surface area (Å²) in [5, 5.41) is 0. The van der Waals surface area contributed by atoms with Crippen LogP contribution in [0.3, 0.4) is 0 Å². The Bertz CT molecular complexity index is 905. The summed E-state index contributed by atoms with van der Waals surface area (Å²) in [5.41, 5.74) is 2.10. The molecule has 0 spiro atoms. The molecular weight excluding hydrogens is 328 g/mol. The van der Waals surface area contributed by atoms with Crippen LogP contribution in [0.2, 0.25) is 0 Å². The van der Waals surface area contributed by atoms with Gasteiger partial charge in [0.25, 0.3) is 0 Å². The molecule has 0 amide bonds. The number of ether oxygens (including phenoxy) is 3. The zero-order valence-electron chi connectivity index (χ0n) is 14.1. The second-order valence-electron chi connectivity index (χ2n) is 6.06. The van der Waals surface area contributed by atoms with Crippen molar-refractivity contribution in [2.75, 3.05) is 6.61 Å². The molecule has 1 heterocycles. The molecule has 3 aromatic rings. The Morgan fingerprint density at radius 1 is 0.885 bits per heavy atom. The summed E-state index contributed by atoms with van der Waals surface area (Å²) < 4.78 is 16.9. The van der Waals surface area contributed by atoms with Crippen LogP contribution < -0.4 is 14.2 Å². The van der Waals surface area contributed by atoms with Gasteiger partial charge in [-0.15, -0.1) is 0 Å². The van der Waals surface area contributed by atoms with Crippen LogP contribution in [0.5, 0.6) is 17.2 Å². The molecule has 0 bridgehead atoms. The molecule has 1 atom stereocenters. The van der Waals surface area contributed by atoms with Gasteiger partial charge in [-0.25, -0.2) is 4.79 Å². The van der Waals surface area contributed by atoms with Crippen molar-refractivity contribution in [3.8, 4) is 17.2 Å². The number of rotatable bonds is 4. The minimum Gasteiger partial charge on any atom is -0.485 e. The van der Waals surface area contributed by atoms with Crippen LogP contribution in [-0.2, 0) is 11.2 Å². The highest BCUT2D eigenvalue weighted by molar-refractivity contribution is 5.78. The average molecular weight is 346 g/mol. The highest BCUT2D eigenvalue weighted by atomic mass is 16.6. The first kappa shape index (κ1) is 16.2. The lowest BCUT2D eigenvalue weighted by Gasteiger charge is -2.25. The van der Waals surface area contributed by atoms with E-state index in [0.717, 1.165) is 11.1 Å². The number of fused-ring (bicyclic) bond motifs is 1. The molecule has 3 aromatic carbocycles. The van der Waals surface area contributed by atoms with Crippen LogP contribution in [-0.4, -0.2) is 18.7 Å². The molecule has 4 rings (SSSR count). The van der Waals surface area contributed by atoms with Gasteiger partial charge in [0.2, 0.25) is 6.10 Å². The van der Waals surface area contributed by atoms with Crippen molar-refractivity contribution in [3.05, 3.63) is 90.0 Å². The van der Waals surface area contributed by atoms with Gasteiger partial charge in [0.1, 0.15) is 12.4 Å². The van der Waals surface area contributed by atoms with Crippen LogP contribution in [0.4, 0.5) is 0 Å². The molecule has 4 heteroatoms. The molecule has 1 aliphatic rings. The number of para-hydroxylation sites is 3. The van der Waals surface area contributed by atoms with E-state index in [0.29, 0.717) is 23.7 Å². The molecule has 0 fully saturated rings. The minimum atomic E-state index is -0.783. The molecule has 0 aliphatic carbocycles. The summed E-state index contributed by atoms with van der Waals surface area (Å²) >= 11 is 0. The smallest absolute Gasteiger partial charge is 0.356 e. The van der Waals surface area contributed by atoms with E-state index in [1.54, 1.807) is 12.1 Å². The summed E-state index contributed by atoms with van der Waals surface area (Å²) in [6, 6.07) is 24.9. The first-order valence-electron chi connectivity index (χ1n) is 8.51. The Hall–Kier alpha value is -3.27. The van der Waals surface area contributed by atoms with E-state index in [-0.39, 0.29) is 6.61 Å². The third-order valence-electron chi connectivity index (χ3n) is 4.19. The van der Waals surface area contributed by atoms with Crippen molar-refractivity contribution in [3.63, 3.8) is 0 Å². The molecule has 0 N–H and O–H groups in total. The summed E-state index contributed by atoms with van der Waals surface area (Å²) in [7, 11) is 0. The molecular formula is C22H18O4. The Kier molecular flexibility index (Phi) is 4.56. The number of hydrogen-bond acceptors (Lipinski definition) is 4. The summed E-state index contributed by atoms with van der Waals surface area (Å²) in [5.74, 6) is 1.28. The summed E-state index contributed by atoms with van der Waals surface area (Å²) in [6.45, 7) is 0.136. The topological polar surface area (TPSA) is 44.8 Å². The monoisotopic (exact) mass is 346 g/mol. The number of benzene rings is 3. The van der Waals surface area contributed by atoms with Gasteiger partial charge in [-0.05, 0) is 29.3 Å². The summed E-state index contributed by atoms with van der Waals surface area (Å²) in [4.78, 5) is 12.6. The molecule has 0 saturated heterocycles. The van der Waals surface area contributed by atoms with Gasteiger partial charge in [-0.2, -0.15) is 0 Å². The predicted molar refractivity (Wildman–Crippen MR) is 97.7 cm³/mol. The molecule has 26 heavy (non-hydrogen) atoms. The van der Waals surface area contributed by atoms with Crippen molar-refractivity contribution in [2.24, 2.45) is 0 Å². The van der Waals surface area contributed by atoms with Crippen molar-refractivity contribution in [1.29, 1.82) is 0 Å². The Morgan fingerprint density at radius 3 is 2.42 bits per heavy atom. The minimum absolute atomic E-state index is 0.136. The van der Waals surface area contributed by atoms with Gasteiger partial charge in [0.15, 0.2) is 11.5 Å². The van der Waals surface area contributed by atoms with E-state index in [1.165, 1.54) is 0 Å². The van der Waals surface area contributed by atoms with Crippen molar-refractivity contribution >= 4 is 5.97 Å². The van der Waals surface area contributed by atoms with E-state index in [4.69, 9.17) is 14.2 Å².